The van der Waals surface area contributed by atoms with Crippen LogP contribution in [0.25, 0.3) is 0 Å². The van der Waals surface area contributed by atoms with E-state index >= 15 is 0 Å². The van der Waals surface area contributed by atoms with Crippen LogP contribution in [0.4, 0.5) is 0 Å². The minimum atomic E-state index is 0.457. The van der Waals surface area contributed by atoms with Crippen LogP contribution in [0.2, 0.25) is 0 Å². The maximum absolute atomic E-state index is 4.55. The van der Waals surface area contributed by atoms with Crippen LogP contribution in [-0.4, -0.2) is 19.1 Å². The molecule has 0 bridgehead atoms. The molecule has 3 heterocycles. The third-order valence-corrected chi connectivity index (χ3v) is 4.14. The number of imidazole rings is 2. The Morgan fingerprint density at radius 3 is 1.54 bits per heavy atom. The van der Waals surface area contributed by atoms with Gasteiger partial charge in [-0.05, 0) is 27.7 Å². The van der Waals surface area contributed by atoms with Gasteiger partial charge in [0, 0.05) is 12.4 Å². The highest BCUT2D eigenvalue weighted by molar-refractivity contribution is 5.08. The Labute approximate surface area is 143 Å². The molecular weight excluding hydrogens is 300 g/mol. The van der Waals surface area contributed by atoms with Crippen LogP contribution in [-0.2, 0) is 13.1 Å². The van der Waals surface area contributed by atoms with Crippen molar-refractivity contribution in [3.05, 3.63) is 61.2 Å². The van der Waals surface area contributed by atoms with Crippen molar-refractivity contribution < 1.29 is 9.13 Å². The molecule has 3 rings (SSSR count). The molecule has 0 fully saturated rings. The first-order valence-electron chi connectivity index (χ1n) is 8.44. The summed E-state index contributed by atoms with van der Waals surface area (Å²) in [6, 6.07) is 0.915. The second-order valence-electron chi connectivity index (χ2n) is 6.70. The van der Waals surface area contributed by atoms with E-state index in [1.807, 2.05) is 0 Å². The van der Waals surface area contributed by atoms with E-state index in [1.165, 1.54) is 0 Å². The molecule has 3 aromatic heterocycles. The van der Waals surface area contributed by atoms with Crippen molar-refractivity contribution in [2.45, 2.75) is 52.9 Å². The third-order valence-electron chi connectivity index (χ3n) is 4.14. The van der Waals surface area contributed by atoms with Crippen molar-refractivity contribution in [2.75, 3.05) is 0 Å². The summed E-state index contributed by atoms with van der Waals surface area (Å²) in [6.45, 7) is 10.2. The SMILES string of the molecule is CC(C)n1cc[n+](Cc2nccnc2C[n+]2ccn(C(C)C)c2)c1. The van der Waals surface area contributed by atoms with Gasteiger partial charge in [-0.1, -0.05) is 0 Å². The molecule has 0 aromatic carbocycles. The molecule has 126 valence electrons. The van der Waals surface area contributed by atoms with Crippen LogP contribution in [0.15, 0.2) is 49.8 Å². The highest BCUT2D eigenvalue weighted by Gasteiger charge is 2.15. The Kier molecular flexibility index (Phi) is 4.74. The Bertz CT molecular complexity index is 732. The first kappa shape index (κ1) is 16.4. The van der Waals surface area contributed by atoms with Gasteiger partial charge in [-0.3, -0.25) is 9.97 Å². The minimum absolute atomic E-state index is 0.457. The largest absolute Gasteiger partial charge is 0.253 e. The lowest BCUT2D eigenvalue weighted by atomic mass is 10.3. The van der Waals surface area contributed by atoms with Crippen LogP contribution < -0.4 is 9.13 Å². The molecule has 6 nitrogen and oxygen atoms in total. The van der Waals surface area contributed by atoms with E-state index in [0.29, 0.717) is 12.1 Å². The normalized spacial score (nSPS) is 11.6. The summed E-state index contributed by atoms with van der Waals surface area (Å²) in [5, 5.41) is 0. The van der Waals surface area contributed by atoms with Crippen LogP contribution in [0.5, 0.6) is 0 Å². The molecule has 0 unspecified atom stereocenters. The van der Waals surface area contributed by atoms with E-state index in [0.717, 1.165) is 24.5 Å². The highest BCUT2D eigenvalue weighted by atomic mass is 15.1. The Hall–Kier alpha value is -2.50. The summed E-state index contributed by atoms with van der Waals surface area (Å²) >= 11 is 0. The summed E-state index contributed by atoms with van der Waals surface area (Å²) in [5.41, 5.74) is 2.02. The van der Waals surface area contributed by atoms with Gasteiger partial charge in [0.2, 0.25) is 12.7 Å². The first-order valence-corrected chi connectivity index (χ1v) is 8.44. The fraction of sp³-hybridized carbons (Fsp3) is 0.444. The van der Waals surface area contributed by atoms with Gasteiger partial charge in [0.05, 0.1) is 12.1 Å². The third kappa shape index (κ3) is 3.69. The molecule has 0 radical (unpaired) electrons. The molecule has 0 aliphatic rings. The molecule has 0 amide bonds. The summed E-state index contributed by atoms with van der Waals surface area (Å²) in [5.74, 6) is 0. The van der Waals surface area contributed by atoms with Gasteiger partial charge < -0.3 is 0 Å². The molecule has 0 aliphatic heterocycles. The Morgan fingerprint density at radius 2 is 1.21 bits per heavy atom. The fourth-order valence-electron chi connectivity index (χ4n) is 2.63. The van der Waals surface area contributed by atoms with Gasteiger partial charge in [0.1, 0.15) is 49.3 Å². The van der Waals surface area contributed by atoms with Gasteiger partial charge in [0.15, 0.2) is 0 Å². The Balaban J connectivity index is 1.79. The summed E-state index contributed by atoms with van der Waals surface area (Å²) in [4.78, 5) is 9.11. The minimum Gasteiger partial charge on any atom is -0.253 e. The number of nitrogens with zero attached hydrogens (tertiary/aromatic N) is 6. The van der Waals surface area contributed by atoms with Crippen molar-refractivity contribution in [3.63, 3.8) is 0 Å². The fourth-order valence-corrected chi connectivity index (χ4v) is 2.63. The average molecular weight is 326 g/mol. The molecule has 0 aliphatic carbocycles. The van der Waals surface area contributed by atoms with Crippen LogP contribution in [0, 0.1) is 0 Å². The van der Waals surface area contributed by atoms with Crippen LogP contribution >= 0.6 is 0 Å². The number of hydrogen-bond acceptors (Lipinski definition) is 2. The lowest BCUT2D eigenvalue weighted by Gasteiger charge is -2.04. The van der Waals surface area contributed by atoms with Crippen molar-refractivity contribution in [1.29, 1.82) is 0 Å². The summed E-state index contributed by atoms with van der Waals surface area (Å²) in [6.07, 6.45) is 16.1. The second-order valence-corrected chi connectivity index (χ2v) is 6.70. The predicted octanol–water partition coefficient (Wildman–Crippen LogP) is 1.91. The standard InChI is InChI=1S/C18H26N6/c1-15(2)23-9-7-21(13-23)11-17-18(20-6-5-19-17)12-22-8-10-24(14-22)16(3)4/h5-10,13-16H,11-12H2,1-4H3/q+2. The molecule has 0 saturated heterocycles. The quantitative estimate of drug-likeness (QED) is 0.650. The van der Waals surface area contributed by atoms with Crippen molar-refractivity contribution in [3.8, 4) is 0 Å². The van der Waals surface area contributed by atoms with E-state index in [1.54, 1.807) is 12.4 Å². The predicted molar refractivity (Wildman–Crippen MR) is 90.3 cm³/mol. The molecule has 3 aromatic rings. The van der Waals surface area contributed by atoms with Crippen molar-refractivity contribution in [1.82, 2.24) is 19.1 Å². The summed E-state index contributed by atoms with van der Waals surface area (Å²) < 4.78 is 8.68. The van der Waals surface area contributed by atoms with Crippen molar-refractivity contribution >= 4 is 0 Å². The number of aromatic nitrogens is 6. The maximum Gasteiger partial charge on any atom is 0.244 e. The van der Waals surface area contributed by atoms with Gasteiger partial charge in [-0.15, -0.1) is 0 Å². The van der Waals surface area contributed by atoms with Gasteiger partial charge in [-0.25, -0.2) is 18.3 Å². The summed E-state index contributed by atoms with van der Waals surface area (Å²) in [7, 11) is 0. The van der Waals surface area contributed by atoms with Gasteiger partial charge in [0.25, 0.3) is 0 Å². The molecule has 0 atom stereocenters. The molecule has 6 heteroatoms. The molecular formula is C18H26N6+2. The zero-order valence-electron chi connectivity index (χ0n) is 14.9. The zero-order chi connectivity index (χ0) is 17.1. The van der Waals surface area contributed by atoms with Crippen molar-refractivity contribution in [2.24, 2.45) is 0 Å². The average Bonchev–Trinajstić information content (AvgIpc) is 3.18. The Morgan fingerprint density at radius 1 is 0.792 bits per heavy atom. The smallest absolute Gasteiger partial charge is 0.244 e. The number of rotatable bonds is 6. The highest BCUT2D eigenvalue weighted by Crippen LogP contribution is 2.05. The van der Waals surface area contributed by atoms with Gasteiger partial charge >= 0.3 is 0 Å². The molecule has 0 spiro atoms. The lowest BCUT2D eigenvalue weighted by Crippen LogP contribution is -2.36. The maximum atomic E-state index is 4.55. The molecule has 0 N–H and O–H groups in total. The topological polar surface area (TPSA) is 43.4 Å². The van der Waals surface area contributed by atoms with E-state index < -0.39 is 0 Å². The zero-order valence-corrected chi connectivity index (χ0v) is 14.9. The molecule has 0 saturated carbocycles. The van der Waals surface area contributed by atoms with Crippen LogP contribution in [0.3, 0.4) is 0 Å². The first-order chi connectivity index (χ1) is 11.5. The van der Waals surface area contributed by atoms with E-state index in [4.69, 9.17) is 0 Å². The van der Waals surface area contributed by atoms with E-state index in [-0.39, 0.29) is 0 Å². The van der Waals surface area contributed by atoms with E-state index in [9.17, 15) is 0 Å². The lowest BCUT2D eigenvalue weighted by molar-refractivity contribution is -0.693. The second kappa shape index (κ2) is 6.95. The van der Waals surface area contributed by atoms with Crippen LogP contribution in [0.1, 0.15) is 51.2 Å². The van der Waals surface area contributed by atoms with Gasteiger partial charge in [-0.2, -0.15) is 0 Å². The monoisotopic (exact) mass is 326 g/mol. The number of hydrogen-bond donors (Lipinski definition) is 0. The van der Waals surface area contributed by atoms with E-state index in [2.05, 4.69) is 93.4 Å². The molecule has 24 heavy (non-hydrogen) atoms.